The van der Waals surface area contributed by atoms with Crippen molar-refractivity contribution in [2.45, 2.75) is 6.92 Å². The maximum absolute atomic E-state index is 11.9. The fourth-order valence-corrected chi connectivity index (χ4v) is 1.70. The highest BCUT2D eigenvalue weighted by Crippen LogP contribution is 2.26. The highest BCUT2D eigenvalue weighted by atomic mass is 16.5. The summed E-state index contributed by atoms with van der Waals surface area (Å²) in [6, 6.07) is 12.1. The molecule has 0 fully saturated rings. The fraction of sp³-hybridized carbons (Fsp3) is 0.125. The van der Waals surface area contributed by atoms with E-state index in [2.05, 4.69) is 10.5 Å². The van der Waals surface area contributed by atoms with Crippen molar-refractivity contribution < 1.29 is 14.6 Å². The monoisotopic (exact) mass is 284 g/mol. The van der Waals surface area contributed by atoms with Crippen LogP contribution < -0.4 is 10.2 Å². The number of methoxy groups -OCH3 is 1. The van der Waals surface area contributed by atoms with E-state index in [4.69, 9.17) is 4.74 Å². The Morgan fingerprint density at radius 2 is 1.95 bits per heavy atom. The Labute approximate surface area is 122 Å². The van der Waals surface area contributed by atoms with E-state index in [1.165, 1.54) is 25.3 Å². The van der Waals surface area contributed by atoms with Gasteiger partial charge < -0.3 is 9.84 Å². The summed E-state index contributed by atoms with van der Waals surface area (Å²) in [6.07, 6.45) is 1.56. The van der Waals surface area contributed by atoms with Crippen LogP contribution in [0.15, 0.2) is 47.6 Å². The zero-order valence-corrected chi connectivity index (χ0v) is 11.8. The second-order valence-electron chi connectivity index (χ2n) is 4.50. The first-order chi connectivity index (χ1) is 10.1. The molecule has 0 spiro atoms. The van der Waals surface area contributed by atoms with Crippen LogP contribution in [0.1, 0.15) is 21.5 Å². The molecule has 1 amide bonds. The van der Waals surface area contributed by atoms with E-state index in [0.717, 1.165) is 11.1 Å². The first-order valence-electron chi connectivity index (χ1n) is 6.37. The minimum absolute atomic E-state index is 0.0165. The van der Waals surface area contributed by atoms with Crippen LogP contribution in [0.4, 0.5) is 0 Å². The lowest BCUT2D eigenvalue weighted by molar-refractivity contribution is 0.0955. The number of ether oxygens (including phenoxy) is 1. The summed E-state index contributed by atoms with van der Waals surface area (Å²) in [5.41, 5.74) is 4.83. The maximum Gasteiger partial charge on any atom is 0.271 e. The normalized spacial score (nSPS) is 10.6. The van der Waals surface area contributed by atoms with Crippen molar-refractivity contribution >= 4 is 12.1 Å². The van der Waals surface area contributed by atoms with Crippen LogP contribution in [0.25, 0.3) is 0 Å². The van der Waals surface area contributed by atoms with Gasteiger partial charge in [0.05, 0.1) is 13.3 Å². The molecule has 2 aromatic carbocycles. The molecule has 0 saturated carbocycles. The third-order valence-corrected chi connectivity index (χ3v) is 2.90. The summed E-state index contributed by atoms with van der Waals surface area (Å²) in [7, 11) is 1.42. The van der Waals surface area contributed by atoms with Gasteiger partial charge in [-0.15, -0.1) is 0 Å². The Hall–Kier alpha value is -2.82. The van der Waals surface area contributed by atoms with Gasteiger partial charge in [-0.25, -0.2) is 5.43 Å². The molecule has 0 atom stereocenters. The summed E-state index contributed by atoms with van der Waals surface area (Å²) in [5.74, 6) is -0.154. The molecular formula is C16H16N2O3. The zero-order valence-electron chi connectivity index (χ0n) is 11.8. The molecule has 0 aromatic heterocycles. The number of nitrogens with one attached hydrogen (secondary N) is 1. The Bertz CT molecular complexity index is 664. The fourth-order valence-electron chi connectivity index (χ4n) is 1.70. The van der Waals surface area contributed by atoms with Crippen LogP contribution in [0, 0.1) is 6.92 Å². The topological polar surface area (TPSA) is 70.9 Å². The number of hydrogen-bond acceptors (Lipinski definition) is 4. The molecule has 5 heteroatoms. The van der Waals surface area contributed by atoms with Gasteiger partial charge in [0.1, 0.15) is 0 Å². The van der Waals surface area contributed by atoms with E-state index in [1.807, 2.05) is 31.2 Å². The number of hydrogen-bond donors (Lipinski definition) is 2. The van der Waals surface area contributed by atoms with Gasteiger partial charge in [0.15, 0.2) is 11.5 Å². The maximum atomic E-state index is 11.9. The Kier molecular flexibility index (Phi) is 4.56. The number of amides is 1. The largest absolute Gasteiger partial charge is 0.504 e. The minimum atomic E-state index is -0.378. The average Bonchev–Trinajstić information content (AvgIpc) is 2.49. The summed E-state index contributed by atoms with van der Waals surface area (Å²) in [4.78, 5) is 11.9. The number of rotatable bonds is 4. The van der Waals surface area contributed by atoms with E-state index in [9.17, 15) is 9.90 Å². The van der Waals surface area contributed by atoms with Gasteiger partial charge in [-0.05, 0) is 30.7 Å². The van der Waals surface area contributed by atoms with Gasteiger partial charge in [0.2, 0.25) is 0 Å². The number of carbonyl (C=O) groups excluding carboxylic acids is 1. The Morgan fingerprint density at radius 3 is 2.62 bits per heavy atom. The Balaban J connectivity index is 2.03. The lowest BCUT2D eigenvalue weighted by Gasteiger charge is -2.05. The van der Waals surface area contributed by atoms with Crippen LogP contribution in [0.5, 0.6) is 11.5 Å². The molecule has 0 heterocycles. The molecule has 2 N–H and O–H groups in total. The van der Waals surface area contributed by atoms with Crippen molar-refractivity contribution in [3.8, 4) is 11.5 Å². The molecule has 0 unspecified atom stereocenters. The van der Waals surface area contributed by atoms with E-state index >= 15 is 0 Å². The van der Waals surface area contributed by atoms with Crippen LogP contribution in [0.2, 0.25) is 0 Å². The molecule has 2 rings (SSSR count). The Morgan fingerprint density at radius 1 is 1.24 bits per heavy atom. The predicted octanol–water partition coefficient (Wildman–Crippen LogP) is 2.47. The van der Waals surface area contributed by atoms with Gasteiger partial charge in [0, 0.05) is 5.56 Å². The number of aryl methyl sites for hydroxylation is 1. The molecule has 0 bridgehead atoms. The van der Waals surface area contributed by atoms with Crippen molar-refractivity contribution in [3.05, 3.63) is 59.2 Å². The average molecular weight is 284 g/mol. The van der Waals surface area contributed by atoms with Gasteiger partial charge in [-0.3, -0.25) is 4.79 Å². The van der Waals surface area contributed by atoms with Crippen LogP contribution in [0.3, 0.4) is 0 Å². The minimum Gasteiger partial charge on any atom is -0.504 e. The van der Waals surface area contributed by atoms with Crippen molar-refractivity contribution in [1.82, 2.24) is 5.43 Å². The standard InChI is InChI=1S/C16H16N2O3/c1-11-3-5-12(6-4-11)10-17-18-16(20)13-7-8-14(19)15(9-13)21-2/h3-10,19H,1-2H3,(H,18,20)/b17-10+. The molecular weight excluding hydrogens is 268 g/mol. The van der Waals surface area contributed by atoms with Crippen LogP contribution >= 0.6 is 0 Å². The van der Waals surface area contributed by atoms with Gasteiger partial charge in [-0.1, -0.05) is 29.8 Å². The molecule has 0 aliphatic rings. The smallest absolute Gasteiger partial charge is 0.271 e. The van der Waals surface area contributed by atoms with Crippen molar-refractivity contribution in [2.75, 3.05) is 7.11 Å². The van der Waals surface area contributed by atoms with E-state index < -0.39 is 0 Å². The van der Waals surface area contributed by atoms with E-state index in [1.54, 1.807) is 6.21 Å². The third kappa shape index (κ3) is 3.82. The molecule has 0 aliphatic carbocycles. The zero-order chi connectivity index (χ0) is 15.2. The SMILES string of the molecule is COc1cc(C(=O)N/N=C/c2ccc(C)cc2)ccc1O. The number of nitrogens with zero attached hydrogens (tertiary/aromatic N) is 1. The third-order valence-electron chi connectivity index (χ3n) is 2.90. The van der Waals surface area contributed by atoms with Gasteiger partial charge >= 0.3 is 0 Å². The number of phenols is 1. The predicted molar refractivity (Wildman–Crippen MR) is 80.9 cm³/mol. The first-order valence-corrected chi connectivity index (χ1v) is 6.37. The van der Waals surface area contributed by atoms with Gasteiger partial charge in [0.25, 0.3) is 5.91 Å². The quantitative estimate of drug-likeness (QED) is 0.669. The highest BCUT2D eigenvalue weighted by Gasteiger charge is 2.08. The lowest BCUT2D eigenvalue weighted by atomic mass is 10.2. The summed E-state index contributed by atoms with van der Waals surface area (Å²) in [6.45, 7) is 2.00. The van der Waals surface area contributed by atoms with Crippen LogP contribution in [-0.2, 0) is 0 Å². The summed E-state index contributed by atoms with van der Waals surface area (Å²) in [5, 5.41) is 13.4. The number of aromatic hydroxyl groups is 1. The van der Waals surface area contributed by atoms with Crippen molar-refractivity contribution in [2.24, 2.45) is 5.10 Å². The summed E-state index contributed by atoms with van der Waals surface area (Å²) >= 11 is 0. The number of hydrazone groups is 1. The number of phenolic OH excluding ortho intramolecular Hbond substituents is 1. The van der Waals surface area contributed by atoms with E-state index in [0.29, 0.717) is 5.56 Å². The molecule has 2 aromatic rings. The lowest BCUT2D eigenvalue weighted by Crippen LogP contribution is -2.17. The second-order valence-corrected chi connectivity index (χ2v) is 4.50. The number of carbonyl (C=O) groups is 1. The van der Waals surface area contributed by atoms with Crippen molar-refractivity contribution in [1.29, 1.82) is 0 Å². The van der Waals surface area contributed by atoms with Gasteiger partial charge in [-0.2, -0.15) is 5.10 Å². The molecule has 21 heavy (non-hydrogen) atoms. The van der Waals surface area contributed by atoms with Crippen molar-refractivity contribution in [3.63, 3.8) is 0 Å². The molecule has 5 nitrogen and oxygen atoms in total. The molecule has 0 radical (unpaired) electrons. The molecule has 0 aliphatic heterocycles. The summed E-state index contributed by atoms with van der Waals surface area (Å²) < 4.78 is 4.95. The number of benzene rings is 2. The highest BCUT2D eigenvalue weighted by molar-refractivity contribution is 5.95. The first kappa shape index (κ1) is 14.6. The molecule has 0 saturated heterocycles. The molecule has 108 valence electrons. The van der Waals surface area contributed by atoms with Crippen LogP contribution in [-0.4, -0.2) is 24.3 Å². The van der Waals surface area contributed by atoms with E-state index in [-0.39, 0.29) is 17.4 Å². The second kappa shape index (κ2) is 6.56.